The van der Waals surface area contributed by atoms with Crippen molar-refractivity contribution in [3.05, 3.63) is 65.3 Å². The Labute approximate surface area is 151 Å². The summed E-state index contributed by atoms with van der Waals surface area (Å²) in [4.78, 5) is 16.3. The summed E-state index contributed by atoms with van der Waals surface area (Å²) in [6.07, 6.45) is 7.96. The number of nitrogens with zero attached hydrogens (tertiary/aromatic N) is 2. The van der Waals surface area contributed by atoms with Gasteiger partial charge < -0.3 is 4.90 Å². The van der Waals surface area contributed by atoms with Crippen LogP contribution in [0.4, 0.5) is 0 Å². The summed E-state index contributed by atoms with van der Waals surface area (Å²) in [5, 5.41) is 8.78. The van der Waals surface area contributed by atoms with Crippen LogP contribution in [0.15, 0.2) is 54.2 Å². The maximum Gasteiger partial charge on any atom is 0.254 e. The molecule has 0 spiro atoms. The van der Waals surface area contributed by atoms with Crippen molar-refractivity contribution in [2.75, 3.05) is 6.54 Å². The Hall–Kier alpha value is -2.40. The van der Waals surface area contributed by atoms with E-state index in [0.29, 0.717) is 6.04 Å². The highest BCUT2D eigenvalue weighted by atomic mass is 32.1. The van der Waals surface area contributed by atoms with Crippen molar-refractivity contribution in [1.29, 1.82) is 0 Å². The van der Waals surface area contributed by atoms with Crippen LogP contribution in [0.2, 0.25) is 0 Å². The van der Waals surface area contributed by atoms with Gasteiger partial charge in [-0.3, -0.25) is 9.89 Å². The van der Waals surface area contributed by atoms with E-state index in [-0.39, 0.29) is 5.91 Å². The summed E-state index contributed by atoms with van der Waals surface area (Å²) >= 11 is 1.60. The highest BCUT2D eigenvalue weighted by molar-refractivity contribution is 7.13. The molecule has 1 aliphatic rings. The van der Waals surface area contributed by atoms with Crippen molar-refractivity contribution in [3.8, 4) is 10.4 Å². The Morgan fingerprint density at radius 3 is 2.96 bits per heavy atom. The lowest BCUT2D eigenvalue weighted by Gasteiger charge is -2.36. The molecule has 1 saturated heterocycles. The molecule has 1 aliphatic heterocycles. The first-order valence-electron chi connectivity index (χ1n) is 8.74. The number of benzene rings is 1. The molecule has 1 atom stereocenters. The lowest BCUT2D eigenvalue weighted by atomic mass is 9.95. The normalized spacial score (nSPS) is 17.6. The molecule has 1 amide bonds. The summed E-state index contributed by atoms with van der Waals surface area (Å²) in [5.41, 5.74) is 3.13. The molecule has 3 heterocycles. The fourth-order valence-electron chi connectivity index (χ4n) is 3.52. The highest BCUT2D eigenvalue weighted by Crippen LogP contribution is 2.29. The van der Waals surface area contributed by atoms with E-state index in [2.05, 4.69) is 39.4 Å². The summed E-state index contributed by atoms with van der Waals surface area (Å²) in [6, 6.07) is 12.8. The lowest BCUT2D eigenvalue weighted by molar-refractivity contribution is 0.0614. The number of carbonyl (C=O) groups is 1. The van der Waals surface area contributed by atoms with Crippen LogP contribution in [0.5, 0.6) is 0 Å². The van der Waals surface area contributed by atoms with E-state index in [1.54, 1.807) is 17.5 Å². The molecule has 128 valence electrons. The van der Waals surface area contributed by atoms with Gasteiger partial charge in [0.05, 0.1) is 11.8 Å². The van der Waals surface area contributed by atoms with Gasteiger partial charge in [0.15, 0.2) is 0 Å². The molecule has 3 aromatic rings. The fourth-order valence-corrected chi connectivity index (χ4v) is 4.38. The zero-order valence-corrected chi connectivity index (χ0v) is 14.8. The number of aromatic nitrogens is 2. The molecule has 1 N–H and O–H groups in total. The Morgan fingerprint density at radius 2 is 2.16 bits per heavy atom. The molecule has 0 saturated carbocycles. The van der Waals surface area contributed by atoms with Gasteiger partial charge in [-0.1, -0.05) is 30.3 Å². The molecule has 1 unspecified atom stereocenters. The molecular formula is C20H21N3OS. The topological polar surface area (TPSA) is 49.0 Å². The minimum absolute atomic E-state index is 0.159. The Bertz CT molecular complexity index is 826. The predicted molar refractivity (Wildman–Crippen MR) is 101 cm³/mol. The Kier molecular flexibility index (Phi) is 4.65. The molecule has 4 rings (SSSR count). The molecule has 0 aliphatic carbocycles. The van der Waals surface area contributed by atoms with E-state index >= 15 is 0 Å². The second kappa shape index (κ2) is 7.23. The number of hydrogen-bond donors (Lipinski definition) is 1. The number of thiophene rings is 1. The predicted octanol–water partition coefficient (Wildman–Crippen LogP) is 4.38. The molecule has 4 nitrogen and oxygen atoms in total. The van der Waals surface area contributed by atoms with E-state index in [1.807, 2.05) is 23.7 Å². The van der Waals surface area contributed by atoms with Gasteiger partial charge in [-0.15, -0.1) is 11.3 Å². The van der Waals surface area contributed by atoms with Crippen molar-refractivity contribution in [3.63, 3.8) is 0 Å². The van der Waals surface area contributed by atoms with Gasteiger partial charge in [-0.05, 0) is 37.3 Å². The third-order valence-electron chi connectivity index (χ3n) is 4.83. The third-order valence-corrected chi connectivity index (χ3v) is 5.81. The van der Waals surface area contributed by atoms with E-state index in [9.17, 15) is 4.79 Å². The van der Waals surface area contributed by atoms with Crippen molar-refractivity contribution < 1.29 is 4.79 Å². The molecule has 25 heavy (non-hydrogen) atoms. The minimum atomic E-state index is 0.159. The average Bonchev–Trinajstić information content (AvgIpc) is 3.34. The van der Waals surface area contributed by atoms with Gasteiger partial charge in [-0.2, -0.15) is 5.10 Å². The summed E-state index contributed by atoms with van der Waals surface area (Å²) in [6.45, 7) is 0.854. The largest absolute Gasteiger partial charge is 0.335 e. The van der Waals surface area contributed by atoms with Gasteiger partial charge in [-0.25, -0.2) is 0 Å². The Balaban J connectivity index is 1.53. The standard InChI is InChI=1S/C20H21N3OS/c24-20(16-11-19(25-14-16)17-12-21-22-13-17)23-9-5-4-8-18(23)10-15-6-2-1-3-7-15/h1-3,6-7,11-14,18H,4-5,8-10H2,(H,21,22). The number of hydrogen-bond acceptors (Lipinski definition) is 3. The summed E-state index contributed by atoms with van der Waals surface area (Å²) < 4.78 is 0. The van der Waals surface area contributed by atoms with Gasteiger partial charge in [0.25, 0.3) is 5.91 Å². The number of likely N-dealkylation sites (tertiary alicyclic amines) is 1. The van der Waals surface area contributed by atoms with Crippen molar-refractivity contribution in [2.24, 2.45) is 0 Å². The van der Waals surface area contributed by atoms with Gasteiger partial charge in [0.1, 0.15) is 0 Å². The second-order valence-corrected chi connectivity index (χ2v) is 7.44. The molecule has 5 heteroatoms. The first kappa shape index (κ1) is 16.1. The second-order valence-electron chi connectivity index (χ2n) is 6.52. The lowest BCUT2D eigenvalue weighted by Crippen LogP contribution is -2.44. The van der Waals surface area contributed by atoms with Crippen LogP contribution < -0.4 is 0 Å². The third kappa shape index (κ3) is 3.51. The maximum atomic E-state index is 13.1. The number of H-pyrrole nitrogens is 1. The zero-order chi connectivity index (χ0) is 17.1. The first-order valence-corrected chi connectivity index (χ1v) is 9.62. The molecule has 1 fully saturated rings. The average molecular weight is 351 g/mol. The highest BCUT2D eigenvalue weighted by Gasteiger charge is 2.28. The number of nitrogens with one attached hydrogen (secondary N) is 1. The monoisotopic (exact) mass is 351 g/mol. The zero-order valence-electron chi connectivity index (χ0n) is 14.0. The molecule has 1 aromatic carbocycles. The maximum absolute atomic E-state index is 13.1. The van der Waals surface area contributed by atoms with E-state index in [0.717, 1.165) is 41.8 Å². The van der Waals surface area contributed by atoms with E-state index in [1.165, 1.54) is 12.0 Å². The van der Waals surface area contributed by atoms with Crippen LogP contribution in [0.25, 0.3) is 10.4 Å². The van der Waals surface area contributed by atoms with Crippen LogP contribution >= 0.6 is 11.3 Å². The van der Waals surface area contributed by atoms with Crippen molar-refractivity contribution >= 4 is 17.2 Å². The number of carbonyl (C=O) groups excluding carboxylic acids is 1. The van der Waals surface area contributed by atoms with Gasteiger partial charge in [0.2, 0.25) is 0 Å². The first-order chi connectivity index (χ1) is 12.3. The van der Waals surface area contributed by atoms with Crippen LogP contribution in [-0.4, -0.2) is 33.6 Å². The van der Waals surface area contributed by atoms with Crippen LogP contribution in [0, 0.1) is 0 Å². The van der Waals surface area contributed by atoms with E-state index in [4.69, 9.17) is 0 Å². The quantitative estimate of drug-likeness (QED) is 0.758. The van der Waals surface area contributed by atoms with E-state index < -0.39 is 0 Å². The number of piperidine rings is 1. The van der Waals surface area contributed by atoms with Crippen LogP contribution in [-0.2, 0) is 6.42 Å². The molecule has 0 bridgehead atoms. The van der Waals surface area contributed by atoms with Gasteiger partial charge in [0, 0.05) is 34.6 Å². The van der Waals surface area contributed by atoms with Gasteiger partial charge >= 0.3 is 0 Å². The molecular weight excluding hydrogens is 330 g/mol. The van der Waals surface area contributed by atoms with Crippen LogP contribution in [0.1, 0.15) is 35.2 Å². The minimum Gasteiger partial charge on any atom is -0.335 e. The van der Waals surface area contributed by atoms with Crippen molar-refractivity contribution in [2.45, 2.75) is 31.7 Å². The SMILES string of the molecule is O=C(c1csc(-c2cn[nH]c2)c1)N1CCCCC1Cc1ccccc1. The Morgan fingerprint density at radius 1 is 1.28 bits per heavy atom. The molecule has 0 radical (unpaired) electrons. The molecule has 2 aromatic heterocycles. The summed E-state index contributed by atoms with van der Waals surface area (Å²) in [5.74, 6) is 0.159. The fraction of sp³-hybridized carbons (Fsp3) is 0.300. The number of aromatic amines is 1. The smallest absolute Gasteiger partial charge is 0.254 e. The number of amides is 1. The van der Waals surface area contributed by atoms with Crippen molar-refractivity contribution in [1.82, 2.24) is 15.1 Å². The van der Waals surface area contributed by atoms with Crippen LogP contribution in [0.3, 0.4) is 0 Å². The summed E-state index contributed by atoms with van der Waals surface area (Å²) in [7, 11) is 0. The number of rotatable bonds is 4.